The van der Waals surface area contributed by atoms with E-state index in [2.05, 4.69) is 10.3 Å². The highest BCUT2D eigenvalue weighted by Gasteiger charge is 2.08. The second-order valence-electron chi connectivity index (χ2n) is 4.33. The zero-order valence-corrected chi connectivity index (χ0v) is 11.3. The first-order chi connectivity index (χ1) is 9.74. The van der Waals surface area contributed by atoms with Crippen molar-refractivity contribution in [3.8, 4) is 0 Å². The summed E-state index contributed by atoms with van der Waals surface area (Å²) in [5, 5.41) is 4.20. The number of carbonyl (C=O) groups excluding carboxylic acids is 1. The summed E-state index contributed by atoms with van der Waals surface area (Å²) in [7, 11) is 0. The molecule has 0 unspecified atom stereocenters. The zero-order valence-electron chi connectivity index (χ0n) is 10.5. The molecule has 0 bridgehead atoms. The summed E-state index contributed by atoms with van der Waals surface area (Å²) in [4.78, 5) is 16.4. The van der Waals surface area contributed by atoms with E-state index < -0.39 is 0 Å². The van der Waals surface area contributed by atoms with E-state index in [1.165, 1.54) is 0 Å². The number of benzene rings is 2. The molecule has 0 saturated carbocycles. The van der Waals surface area contributed by atoms with Crippen molar-refractivity contribution in [1.82, 2.24) is 4.98 Å². The molecule has 0 aliphatic rings. The summed E-state index contributed by atoms with van der Waals surface area (Å²) < 4.78 is 0. The van der Waals surface area contributed by atoms with Crippen molar-refractivity contribution in [1.29, 1.82) is 0 Å². The third-order valence-corrected chi connectivity index (χ3v) is 3.18. The lowest BCUT2D eigenvalue weighted by Crippen LogP contribution is -2.12. The number of pyridine rings is 1. The molecule has 0 radical (unpaired) electrons. The van der Waals surface area contributed by atoms with Crippen molar-refractivity contribution in [2.24, 2.45) is 0 Å². The van der Waals surface area contributed by atoms with Crippen LogP contribution in [0.1, 0.15) is 10.4 Å². The molecular weight excluding hydrogens is 272 g/mol. The highest BCUT2D eigenvalue weighted by atomic mass is 35.5. The van der Waals surface area contributed by atoms with Crippen LogP contribution in [0.4, 0.5) is 5.69 Å². The summed E-state index contributed by atoms with van der Waals surface area (Å²) >= 11 is 5.92. The van der Waals surface area contributed by atoms with Gasteiger partial charge < -0.3 is 5.32 Å². The quantitative estimate of drug-likeness (QED) is 0.718. The van der Waals surface area contributed by atoms with Crippen molar-refractivity contribution in [3.63, 3.8) is 0 Å². The number of nitrogens with zero attached hydrogens (tertiary/aromatic N) is 1. The monoisotopic (exact) mass is 282 g/mol. The minimum absolute atomic E-state index is 0.167. The van der Waals surface area contributed by atoms with Gasteiger partial charge in [-0.25, -0.2) is 4.98 Å². The molecule has 1 heterocycles. The summed E-state index contributed by atoms with van der Waals surface area (Å²) in [5.74, 6) is -0.167. The number of carbonyl (C=O) groups is 1. The largest absolute Gasteiger partial charge is 0.320 e. The number of rotatable bonds is 2. The fraction of sp³-hybridized carbons (Fsp3) is 0. The maximum Gasteiger partial charge on any atom is 0.255 e. The molecule has 20 heavy (non-hydrogen) atoms. The lowest BCUT2D eigenvalue weighted by Gasteiger charge is -2.08. The predicted octanol–water partition coefficient (Wildman–Crippen LogP) is 4.14. The molecule has 1 aromatic heterocycles. The molecule has 3 rings (SSSR count). The van der Waals surface area contributed by atoms with E-state index in [0.717, 1.165) is 5.39 Å². The Morgan fingerprint density at radius 3 is 2.55 bits per heavy atom. The minimum atomic E-state index is -0.167. The van der Waals surface area contributed by atoms with Gasteiger partial charge in [-0.05, 0) is 30.3 Å². The molecule has 0 spiro atoms. The van der Waals surface area contributed by atoms with Crippen molar-refractivity contribution in [2.75, 3.05) is 5.32 Å². The standard InChI is InChI=1S/C16H11ClN2O/c17-14-10-9-11-7-4-8-13(15(11)19-14)18-16(20)12-5-2-1-3-6-12/h1-10H,(H,18,20). The molecule has 1 N–H and O–H groups in total. The van der Waals surface area contributed by atoms with Gasteiger partial charge in [0.05, 0.1) is 11.2 Å². The number of anilines is 1. The van der Waals surface area contributed by atoms with Crippen LogP contribution >= 0.6 is 11.6 Å². The molecule has 0 atom stereocenters. The van der Waals surface area contributed by atoms with Gasteiger partial charge in [-0.2, -0.15) is 0 Å². The SMILES string of the molecule is O=C(Nc1cccc2ccc(Cl)nc12)c1ccccc1. The van der Waals surface area contributed by atoms with Crippen LogP contribution in [0.15, 0.2) is 60.7 Å². The molecule has 1 amide bonds. The molecule has 2 aromatic carbocycles. The Balaban J connectivity index is 1.99. The van der Waals surface area contributed by atoms with Crippen molar-refractivity contribution < 1.29 is 4.79 Å². The lowest BCUT2D eigenvalue weighted by atomic mass is 10.1. The van der Waals surface area contributed by atoms with Crippen molar-refractivity contribution in [2.45, 2.75) is 0 Å². The van der Waals surface area contributed by atoms with Crippen LogP contribution in [0, 0.1) is 0 Å². The number of halogens is 1. The van der Waals surface area contributed by atoms with Crippen LogP contribution < -0.4 is 5.32 Å². The van der Waals surface area contributed by atoms with Gasteiger partial charge in [0.25, 0.3) is 5.91 Å². The number of hydrogen-bond donors (Lipinski definition) is 1. The molecule has 4 heteroatoms. The Kier molecular flexibility index (Phi) is 3.35. The summed E-state index contributed by atoms with van der Waals surface area (Å²) in [6.07, 6.45) is 0. The first-order valence-corrected chi connectivity index (χ1v) is 6.53. The van der Waals surface area contributed by atoms with E-state index in [1.54, 1.807) is 18.2 Å². The number of aromatic nitrogens is 1. The average Bonchev–Trinajstić information content (AvgIpc) is 2.49. The van der Waals surface area contributed by atoms with Crippen LogP contribution in [0.2, 0.25) is 5.15 Å². The normalized spacial score (nSPS) is 10.4. The number of amides is 1. The maximum atomic E-state index is 12.2. The number of nitrogens with one attached hydrogen (secondary N) is 1. The highest BCUT2D eigenvalue weighted by Crippen LogP contribution is 2.23. The molecule has 3 aromatic rings. The van der Waals surface area contributed by atoms with E-state index in [0.29, 0.717) is 21.9 Å². The Morgan fingerprint density at radius 2 is 1.75 bits per heavy atom. The molecule has 98 valence electrons. The van der Waals surface area contributed by atoms with Gasteiger partial charge in [-0.3, -0.25) is 4.79 Å². The first-order valence-electron chi connectivity index (χ1n) is 6.16. The Morgan fingerprint density at radius 1 is 0.950 bits per heavy atom. The fourth-order valence-corrected chi connectivity index (χ4v) is 2.16. The van der Waals surface area contributed by atoms with Gasteiger partial charge in [-0.1, -0.05) is 41.9 Å². The van der Waals surface area contributed by atoms with E-state index in [-0.39, 0.29) is 5.91 Å². The molecular formula is C16H11ClN2O. The van der Waals surface area contributed by atoms with Crippen LogP contribution in [-0.4, -0.2) is 10.9 Å². The predicted molar refractivity (Wildman–Crippen MR) is 81.1 cm³/mol. The van der Waals surface area contributed by atoms with E-state index in [1.807, 2.05) is 42.5 Å². The van der Waals surface area contributed by atoms with Crippen molar-refractivity contribution in [3.05, 3.63) is 71.4 Å². The maximum absolute atomic E-state index is 12.2. The van der Waals surface area contributed by atoms with Gasteiger partial charge in [0.2, 0.25) is 0 Å². The smallest absolute Gasteiger partial charge is 0.255 e. The van der Waals surface area contributed by atoms with Crippen LogP contribution in [-0.2, 0) is 0 Å². The lowest BCUT2D eigenvalue weighted by molar-refractivity contribution is 0.102. The Bertz CT molecular complexity index is 772. The van der Waals surface area contributed by atoms with Gasteiger partial charge in [0.15, 0.2) is 0 Å². The fourth-order valence-electron chi connectivity index (χ4n) is 2.01. The second-order valence-corrected chi connectivity index (χ2v) is 4.72. The van der Waals surface area contributed by atoms with E-state index in [9.17, 15) is 4.79 Å². The topological polar surface area (TPSA) is 42.0 Å². The number of hydrogen-bond acceptors (Lipinski definition) is 2. The first kappa shape index (κ1) is 12.6. The second kappa shape index (κ2) is 5.31. The van der Waals surface area contributed by atoms with E-state index >= 15 is 0 Å². The summed E-state index contributed by atoms with van der Waals surface area (Å²) in [6.45, 7) is 0. The molecule has 0 aliphatic heterocycles. The average molecular weight is 283 g/mol. The van der Waals surface area contributed by atoms with Crippen molar-refractivity contribution >= 4 is 34.1 Å². The number of fused-ring (bicyclic) bond motifs is 1. The summed E-state index contributed by atoms with van der Waals surface area (Å²) in [6, 6.07) is 18.3. The molecule has 0 fully saturated rings. The van der Waals surface area contributed by atoms with Gasteiger partial charge in [0, 0.05) is 10.9 Å². The Hall–Kier alpha value is -2.39. The minimum Gasteiger partial charge on any atom is -0.320 e. The van der Waals surface area contributed by atoms with Crippen LogP contribution in [0.5, 0.6) is 0 Å². The third-order valence-electron chi connectivity index (χ3n) is 2.97. The van der Waals surface area contributed by atoms with Gasteiger partial charge >= 0.3 is 0 Å². The van der Waals surface area contributed by atoms with Crippen LogP contribution in [0.3, 0.4) is 0 Å². The summed E-state index contributed by atoms with van der Waals surface area (Å²) in [5.41, 5.74) is 1.94. The molecule has 0 saturated heterocycles. The Labute approximate surface area is 121 Å². The van der Waals surface area contributed by atoms with E-state index in [4.69, 9.17) is 11.6 Å². The molecule has 3 nitrogen and oxygen atoms in total. The number of para-hydroxylation sites is 1. The van der Waals surface area contributed by atoms with Gasteiger partial charge in [-0.15, -0.1) is 0 Å². The highest BCUT2D eigenvalue weighted by molar-refractivity contribution is 6.30. The van der Waals surface area contributed by atoms with Crippen LogP contribution in [0.25, 0.3) is 10.9 Å². The molecule has 0 aliphatic carbocycles. The third kappa shape index (κ3) is 2.49. The zero-order chi connectivity index (χ0) is 13.9. The van der Waals surface area contributed by atoms with Gasteiger partial charge in [0.1, 0.15) is 5.15 Å².